The van der Waals surface area contributed by atoms with Crippen molar-refractivity contribution in [2.75, 3.05) is 19.7 Å². The Morgan fingerprint density at radius 1 is 1.08 bits per heavy atom. The molecule has 1 unspecified atom stereocenters. The molecule has 2 N–H and O–H groups in total. The molecule has 1 atom stereocenters. The van der Waals surface area contributed by atoms with Gasteiger partial charge in [0.05, 0.1) is 24.5 Å². The van der Waals surface area contributed by atoms with Gasteiger partial charge in [-0.25, -0.2) is 0 Å². The van der Waals surface area contributed by atoms with E-state index in [2.05, 4.69) is 29.7 Å². The quantitative estimate of drug-likeness (QED) is 0.217. The number of hydrogen-bond donors (Lipinski definition) is 2. The molecule has 2 aromatic carbocycles. The van der Waals surface area contributed by atoms with Crippen LogP contribution < -0.4 is 15.4 Å². The van der Waals surface area contributed by atoms with Gasteiger partial charge in [-0.1, -0.05) is 48.4 Å². The summed E-state index contributed by atoms with van der Waals surface area (Å²) in [6.45, 7) is 5.72. The average molecular weight is 560 g/mol. The molecule has 1 fully saturated rings. The van der Waals surface area contributed by atoms with Crippen LogP contribution in [0.2, 0.25) is 5.02 Å². The molecule has 1 amide bonds. The summed E-state index contributed by atoms with van der Waals surface area (Å²) in [5.74, 6) is 0.771. The Bertz CT molecular complexity index is 1120. The van der Waals surface area contributed by atoms with Crippen LogP contribution in [0.3, 0.4) is 0 Å². The number of ether oxygens (including phenoxy) is 1. The second kappa shape index (κ2) is 14.2. The summed E-state index contributed by atoms with van der Waals surface area (Å²) >= 11 is 6.19. The third kappa shape index (κ3) is 8.46. The zero-order chi connectivity index (χ0) is 26.0. The molecule has 0 saturated carbocycles. The molecule has 6 nitrogen and oxygen atoms in total. The summed E-state index contributed by atoms with van der Waals surface area (Å²) in [5.41, 5.74) is 1.80. The van der Waals surface area contributed by atoms with Gasteiger partial charge < -0.3 is 19.9 Å². The molecule has 0 radical (unpaired) electrons. The number of amides is 1. The highest BCUT2D eigenvalue weighted by Crippen LogP contribution is 2.27. The van der Waals surface area contributed by atoms with Crippen molar-refractivity contribution in [3.63, 3.8) is 0 Å². The summed E-state index contributed by atoms with van der Waals surface area (Å²) in [5, 5.41) is 7.16. The third-order valence-corrected chi connectivity index (χ3v) is 9.44. The number of carbonyl (C=O) groups excluding carboxylic acids is 1. The normalized spacial score (nSPS) is 15.4. The van der Waals surface area contributed by atoms with Crippen LogP contribution in [0.15, 0.2) is 64.9 Å². The molecule has 1 aromatic heterocycles. The van der Waals surface area contributed by atoms with Crippen LogP contribution in [0.1, 0.15) is 53.4 Å². The smallest absolute Gasteiger partial charge is 0.251 e. The van der Waals surface area contributed by atoms with Crippen molar-refractivity contribution in [3.8, 4) is 5.75 Å². The second-order valence-corrected chi connectivity index (χ2v) is 12.4. The van der Waals surface area contributed by atoms with Crippen molar-refractivity contribution in [3.05, 3.63) is 81.7 Å². The van der Waals surface area contributed by atoms with Crippen molar-refractivity contribution in [1.82, 2.24) is 14.9 Å². The van der Waals surface area contributed by atoms with Crippen LogP contribution in [0.25, 0.3) is 0 Å². The minimum Gasteiger partial charge on any atom is -0.592 e. The molecule has 2 heterocycles. The Labute approximate surface area is 231 Å². The van der Waals surface area contributed by atoms with Crippen LogP contribution in [0.4, 0.5) is 0 Å². The summed E-state index contributed by atoms with van der Waals surface area (Å²) in [7, 11) is 0. The van der Waals surface area contributed by atoms with Crippen molar-refractivity contribution >= 4 is 40.2 Å². The van der Waals surface area contributed by atoms with Crippen LogP contribution in [-0.2, 0) is 24.5 Å². The van der Waals surface area contributed by atoms with Crippen molar-refractivity contribution < 1.29 is 14.1 Å². The van der Waals surface area contributed by atoms with Gasteiger partial charge in [0.2, 0.25) is 4.21 Å². The van der Waals surface area contributed by atoms with Crippen molar-refractivity contribution in [2.24, 2.45) is 0 Å². The maximum Gasteiger partial charge on any atom is 0.251 e. The maximum absolute atomic E-state index is 13.1. The fourth-order valence-electron chi connectivity index (χ4n) is 4.07. The molecular formula is C28H34ClN3O3S2. The van der Waals surface area contributed by atoms with Gasteiger partial charge in [-0.05, 0) is 67.3 Å². The Balaban J connectivity index is 1.17. The van der Waals surface area contributed by atoms with Gasteiger partial charge in [-0.2, -0.15) is 0 Å². The number of thiophene rings is 1. The Morgan fingerprint density at radius 3 is 2.51 bits per heavy atom. The van der Waals surface area contributed by atoms with E-state index in [4.69, 9.17) is 16.3 Å². The van der Waals surface area contributed by atoms with E-state index in [0.29, 0.717) is 23.2 Å². The number of nitrogens with zero attached hydrogens (tertiary/aromatic N) is 1. The number of nitrogens with one attached hydrogen (secondary N) is 2. The van der Waals surface area contributed by atoms with E-state index in [1.807, 2.05) is 28.6 Å². The lowest BCUT2D eigenvalue weighted by molar-refractivity contribution is 0.0951. The summed E-state index contributed by atoms with van der Waals surface area (Å²) in [6.07, 6.45) is 4.12. The van der Waals surface area contributed by atoms with Gasteiger partial charge >= 0.3 is 0 Å². The molecule has 0 spiro atoms. The molecule has 198 valence electrons. The Hall–Kier alpha value is -2.07. The fourth-order valence-corrected chi connectivity index (χ4v) is 6.78. The standard InChI is InChI=1S/C28H34ClN3O3S2/c1-2-3-18-35-25-10-4-21(5-11-25)19-30-24-14-16-32(17-15-24)37(34)27-13-12-26(36-27)20-31-28(33)22-6-8-23(29)9-7-22/h4-13,24,30H,2-3,14-20H2,1H3,(H,31,33). The molecular weight excluding hydrogens is 526 g/mol. The highest BCUT2D eigenvalue weighted by atomic mass is 35.5. The number of halogens is 1. The predicted molar refractivity (Wildman–Crippen MR) is 152 cm³/mol. The highest BCUT2D eigenvalue weighted by molar-refractivity contribution is 7.91. The number of piperidine rings is 1. The third-order valence-electron chi connectivity index (χ3n) is 6.31. The molecule has 3 aromatic rings. The minimum absolute atomic E-state index is 0.154. The van der Waals surface area contributed by atoms with Gasteiger partial charge in [0.25, 0.3) is 5.91 Å². The number of carbonyl (C=O) groups is 1. The van der Waals surface area contributed by atoms with Crippen LogP contribution in [0, 0.1) is 0 Å². The lowest BCUT2D eigenvalue weighted by atomic mass is 10.1. The Kier molecular flexibility index (Phi) is 10.7. The van der Waals surface area contributed by atoms with Gasteiger partial charge in [-0.15, -0.1) is 4.31 Å². The van der Waals surface area contributed by atoms with E-state index in [9.17, 15) is 9.35 Å². The van der Waals surface area contributed by atoms with E-state index in [-0.39, 0.29) is 5.91 Å². The highest BCUT2D eigenvalue weighted by Gasteiger charge is 2.29. The monoisotopic (exact) mass is 559 g/mol. The fraction of sp³-hybridized carbons (Fsp3) is 0.393. The van der Waals surface area contributed by atoms with E-state index >= 15 is 0 Å². The number of rotatable bonds is 12. The first-order valence-corrected chi connectivity index (χ1v) is 15.1. The first-order chi connectivity index (χ1) is 18.0. The molecule has 1 saturated heterocycles. The van der Waals surface area contributed by atoms with E-state index in [0.717, 1.165) is 66.8 Å². The summed E-state index contributed by atoms with van der Waals surface area (Å²) < 4.78 is 21.7. The lowest BCUT2D eigenvalue weighted by Gasteiger charge is -2.31. The number of benzene rings is 2. The minimum atomic E-state index is -1.18. The van der Waals surface area contributed by atoms with Gasteiger partial charge in [0, 0.05) is 47.2 Å². The average Bonchev–Trinajstić information content (AvgIpc) is 3.41. The predicted octanol–water partition coefficient (Wildman–Crippen LogP) is 5.79. The summed E-state index contributed by atoms with van der Waals surface area (Å²) in [4.78, 5) is 13.3. The van der Waals surface area contributed by atoms with E-state index in [1.165, 1.54) is 16.9 Å². The maximum atomic E-state index is 13.1. The van der Waals surface area contributed by atoms with Crippen molar-refractivity contribution in [1.29, 1.82) is 0 Å². The van der Waals surface area contributed by atoms with E-state index in [1.54, 1.807) is 24.3 Å². The van der Waals surface area contributed by atoms with Gasteiger partial charge in [0.15, 0.2) is 0 Å². The Morgan fingerprint density at radius 2 is 1.81 bits per heavy atom. The second-order valence-electron chi connectivity index (χ2n) is 9.09. The van der Waals surface area contributed by atoms with Gasteiger partial charge in [0.1, 0.15) is 5.75 Å². The first kappa shape index (κ1) is 28.0. The van der Waals surface area contributed by atoms with Crippen LogP contribution in [-0.4, -0.2) is 40.5 Å². The zero-order valence-corrected chi connectivity index (χ0v) is 23.5. The topological polar surface area (TPSA) is 76.7 Å². The molecule has 4 rings (SSSR count). The number of hydrogen-bond acceptors (Lipinski definition) is 6. The van der Waals surface area contributed by atoms with Crippen LogP contribution >= 0.6 is 22.9 Å². The lowest BCUT2D eigenvalue weighted by Crippen LogP contribution is -2.44. The molecule has 1 aliphatic rings. The van der Waals surface area contributed by atoms with Crippen molar-refractivity contribution in [2.45, 2.75) is 55.9 Å². The van der Waals surface area contributed by atoms with Crippen LogP contribution in [0.5, 0.6) is 5.75 Å². The molecule has 1 aliphatic heterocycles. The summed E-state index contributed by atoms with van der Waals surface area (Å²) in [6, 6.07) is 19.4. The SMILES string of the molecule is CCCCOc1ccc(CNC2CCN([S+]([O-])c3ccc(CNC(=O)c4ccc(Cl)cc4)s3)CC2)cc1. The largest absolute Gasteiger partial charge is 0.592 e. The zero-order valence-electron chi connectivity index (χ0n) is 21.1. The van der Waals surface area contributed by atoms with E-state index < -0.39 is 11.4 Å². The number of unbranched alkanes of at least 4 members (excludes halogenated alkanes) is 1. The molecule has 9 heteroatoms. The molecule has 0 bridgehead atoms. The molecule has 0 aliphatic carbocycles. The molecule has 37 heavy (non-hydrogen) atoms. The van der Waals surface area contributed by atoms with Gasteiger partial charge in [-0.3, -0.25) is 4.79 Å². The first-order valence-electron chi connectivity index (χ1n) is 12.8.